The molecule has 0 bridgehead atoms. The summed E-state index contributed by atoms with van der Waals surface area (Å²) in [4.78, 5) is 7.71. The first-order valence-electron chi connectivity index (χ1n) is 2.68. The van der Waals surface area contributed by atoms with Crippen molar-refractivity contribution in [3.8, 4) is 0 Å². The fourth-order valence-electron chi connectivity index (χ4n) is 0.639. The molecule has 0 aliphatic carbocycles. The molecule has 0 radical (unpaired) electrons. The van der Waals surface area contributed by atoms with E-state index in [0.29, 0.717) is 11.6 Å². The Morgan fingerprint density at radius 2 is 2.30 bits per heavy atom. The molecule has 6 nitrogen and oxygen atoms in total. The summed E-state index contributed by atoms with van der Waals surface area (Å²) in [6.45, 7) is 0. The van der Waals surface area contributed by atoms with Crippen LogP contribution in [0.1, 0.15) is 0 Å². The summed E-state index contributed by atoms with van der Waals surface area (Å²) in [5.74, 6) is 1.10. The van der Waals surface area contributed by atoms with E-state index >= 15 is 0 Å². The van der Waals surface area contributed by atoms with Gasteiger partial charge in [0.15, 0.2) is 5.82 Å². The molecule has 0 fully saturated rings. The van der Waals surface area contributed by atoms with E-state index in [1.165, 1.54) is 12.7 Å². The Balaban J connectivity index is 2.36. The zero-order valence-corrected chi connectivity index (χ0v) is 4.94. The predicted molar refractivity (Wildman–Crippen MR) is 35.1 cm³/mol. The molecule has 0 aromatic heterocycles. The van der Waals surface area contributed by atoms with Crippen LogP contribution in [0.5, 0.6) is 0 Å². The van der Waals surface area contributed by atoms with Crippen LogP contribution in [0.25, 0.3) is 0 Å². The number of nitrogens with one attached hydrogen (secondary N) is 2. The van der Waals surface area contributed by atoms with Gasteiger partial charge in [-0.1, -0.05) is 0 Å². The molecular formula is C4H4N6. The maximum Gasteiger partial charge on any atom is 0.220 e. The third-order valence-electron chi connectivity index (χ3n) is 1.04. The number of nitrogens with zero attached hydrogens (tertiary/aromatic N) is 4. The highest BCUT2D eigenvalue weighted by Crippen LogP contribution is 2.10. The Morgan fingerprint density at radius 1 is 1.30 bits per heavy atom. The molecule has 0 atom stereocenters. The van der Waals surface area contributed by atoms with Crippen LogP contribution in [0.3, 0.4) is 0 Å². The minimum absolute atomic E-state index is 0.501. The minimum Gasteiger partial charge on any atom is -0.289 e. The zero-order valence-electron chi connectivity index (χ0n) is 4.94. The van der Waals surface area contributed by atoms with Crippen LogP contribution in [-0.4, -0.2) is 12.7 Å². The first-order valence-corrected chi connectivity index (χ1v) is 2.68. The third kappa shape index (κ3) is 0.661. The molecule has 2 aliphatic heterocycles. The van der Waals surface area contributed by atoms with Crippen molar-refractivity contribution in [1.82, 2.24) is 10.9 Å². The van der Waals surface area contributed by atoms with Crippen LogP contribution in [-0.2, 0) is 0 Å². The van der Waals surface area contributed by atoms with Gasteiger partial charge in [-0.3, -0.25) is 10.9 Å². The van der Waals surface area contributed by atoms with E-state index < -0.39 is 0 Å². The molecule has 0 saturated carbocycles. The van der Waals surface area contributed by atoms with Crippen LogP contribution in [0.15, 0.2) is 31.9 Å². The van der Waals surface area contributed by atoms with Gasteiger partial charge in [0.2, 0.25) is 5.82 Å². The number of azo groups is 1. The summed E-state index contributed by atoms with van der Waals surface area (Å²) in [7, 11) is 0. The van der Waals surface area contributed by atoms with Crippen molar-refractivity contribution in [1.29, 1.82) is 0 Å². The standard InChI is InChI=1S/C4H4N6/c1-5-3(9-7-1)4-6-2-8-10-4/h1-2,9H,(H,5,7). The molecule has 0 saturated heterocycles. The van der Waals surface area contributed by atoms with E-state index in [-0.39, 0.29) is 0 Å². The second kappa shape index (κ2) is 1.90. The molecule has 50 valence electrons. The quantitative estimate of drug-likeness (QED) is 0.481. The van der Waals surface area contributed by atoms with Crippen LogP contribution < -0.4 is 10.9 Å². The molecule has 2 aliphatic rings. The first-order chi connectivity index (χ1) is 4.97. The average molecular weight is 136 g/mol. The normalized spacial score (nSPS) is 27.2. The molecule has 0 aromatic rings. The van der Waals surface area contributed by atoms with Gasteiger partial charge in [-0.15, -0.1) is 10.2 Å². The monoisotopic (exact) mass is 136 g/mol. The maximum atomic E-state index is 3.88. The van der Waals surface area contributed by atoms with Gasteiger partial charge < -0.3 is 0 Å². The number of hydrogen-bond acceptors (Lipinski definition) is 6. The topological polar surface area (TPSA) is 73.5 Å². The SMILES string of the molecule is C1=NC(=C2N=CNN2)N=N1. The first kappa shape index (κ1) is 5.10. The highest BCUT2D eigenvalue weighted by molar-refractivity contribution is 5.62. The number of hydrogen-bond donors (Lipinski definition) is 2. The second-order valence-corrected chi connectivity index (χ2v) is 1.66. The Morgan fingerprint density at radius 3 is 2.90 bits per heavy atom. The summed E-state index contributed by atoms with van der Waals surface area (Å²) in [6, 6.07) is 0. The van der Waals surface area contributed by atoms with Crippen molar-refractivity contribution in [3.05, 3.63) is 11.6 Å². The van der Waals surface area contributed by atoms with Crippen molar-refractivity contribution in [2.45, 2.75) is 0 Å². The Kier molecular flexibility index (Phi) is 0.970. The Bertz CT molecular complexity index is 245. The van der Waals surface area contributed by atoms with Gasteiger partial charge >= 0.3 is 0 Å². The van der Waals surface area contributed by atoms with Crippen molar-refractivity contribution in [3.63, 3.8) is 0 Å². The zero-order chi connectivity index (χ0) is 6.81. The minimum atomic E-state index is 0.501. The molecule has 2 N–H and O–H groups in total. The maximum absolute atomic E-state index is 3.88. The lowest BCUT2D eigenvalue weighted by atomic mass is 10.7. The highest BCUT2D eigenvalue weighted by Gasteiger charge is 2.08. The van der Waals surface area contributed by atoms with Gasteiger partial charge in [0.05, 0.1) is 0 Å². The van der Waals surface area contributed by atoms with Gasteiger partial charge in [-0.05, 0) is 0 Å². The Labute approximate surface area is 56.4 Å². The largest absolute Gasteiger partial charge is 0.289 e. The molecule has 0 spiro atoms. The molecule has 0 amide bonds. The lowest BCUT2D eigenvalue weighted by Crippen LogP contribution is -2.22. The molecule has 0 unspecified atom stereocenters. The van der Waals surface area contributed by atoms with Gasteiger partial charge in [0.1, 0.15) is 12.7 Å². The fourth-order valence-corrected chi connectivity index (χ4v) is 0.639. The summed E-state index contributed by atoms with van der Waals surface area (Å²) < 4.78 is 0. The molecule has 10 heavy (non-hydrogen) atoms. The fraction of sp³-hybridized carbons (Fsp3) is 0. The molecule has 2 rings (SSSR count). The van der Waals surface area contributed by atoms with Gasteiger partial charge in [0, 0.05) is 0 Å². The number of rotatable bonds is 0. The summed E-state index contributed by atoms with van der Waals surface area (Å²) >= 11 is 0. The second-order valence-electron chi connectivity index (χ2n) is 1.66. The third-order valence-corrected chi connectivity index (χ3v) is 1.04. The lowest BCUT2D eigenvalue weighted by Gasteiger charge is -1.93. The highest BCUT2D eigenvalue weighted by atomic mass is 15.5. The van der Waals surface area contributed by atoms with E-state index in [9.17, 15) is 0 Å². The summed E-state index contributed by atoms with van der Waals surface area (Å²) in [6.07, 6.45) is 2.89. The van der Waals surface area contributed by atoms with Gasteiger partial charge in [-0.25, -0.2) is 9.98 Å². The van der Waals surface area contributed by atoms with Gasteiger partial charge in [-0.2, -0.15) is 0 Å². The Hall–Kier alpha value is -1.72. The van der Waals surface area contributed by atoms with Gasteiger partial charge in [0.25, 0.3) is 0 Å². The van der Waals surface area contributed by atoms with E-state index in [1.54, 1.807) is 0 Å². The van der Waals surface area contributed by atoms with E-state index in [0.717, 1.165) is 0 Å². The summed E-state index contributed by atoms with van der Waals surface area (Å²) in [5.41, 5.74) is 5.41. The van der Waals surface area contributed by atoms with Crippen LogP contribution in [0, 0.1) is 0 Å². The number of aliphatic imine (C=N–C) groups is 2. The van der Waals surface area contributed by atoms with Crippen LogP contribution in [0.4, 0.5) is 0 Å². The van der Waals surface area contributed by atoms with E-state index in [2.05, 4.69) is 31.1 Å². The molecule has 0 aromatic carbocycles. The molecule has 6 heteroatoms. The number of hydrazine groups is 1. The van der Waals surface area contributed by atoms with Crippen molar-refractivity contribution >= 4 is 12.7 Å². The molecule has 2 heterocycles. The smallest absolute Gasteiger partial charge is 0.220 e. The average Bonchev–Trinajstić information content (AvgIpc) is 2.59. The van der Waals surface area contributed by atoms with Crippen molar-refractivity contribution in [2.24, 2.45) is 20.2 Å². The summed E-state index contributed by atoms with van der Waals surface area (Å²) in [5, 5.41) is 7.23. The van der Waals surface area contributed by atoms with Crippen molar-refractivity contribution < 1.29 is 0 Å². The lowest BCUT2D eigenvalue weighted by molar-refractivity contribution is 0.797. The van der Waals surface area contributed by atoms with Crippen LogP contribution in [0.2, 0.25) is 0 Å². The van der Waals surface area contributed by atoms with Crippen molar-refractivity contribution in [2.75, 3.05) is 0 Å². The molecular weight excluding hydrogens is 132 g/mol. The van der Waals surface area contributed by atoms with E-state index in [1.807, 2.05) is 0 Å². The van der Waals surface area contributed by atoms with Crippen LogP contribution >= 0.6 is 0 Å². The predicted octanol–water partition coefficient (Wildman–Crippen LogP) is -0.257. The van der Waals surface area contributed by atoms with E-state index in [4.69, 9.17) is 0 Å².